The number of carbonyl (C=O) groups excluding carboxylic acids is 1. The highest BCUT2D eigenvalue weighted by atomic mass is 35.5. The van der Waals surface area contributed by atoms with Crippen molar-refractivity contribution in [3.63, 3.8) is 0 Å². The van der Waals surface area contributed by atoms with E-state index in [4.69, 9.17) is 16.7 Å². The van der Waals surface area contributed by atoms with Crippen LogP contribution in [0.2, 0.25) is 5.02 Å². The lowest BCUT2D eigenvalue weighted by Gasteiger charge is -2.20. The van der Waals surface area contributed by atoms with E-state index < -0.39 is 5.97 Å². The van der Waals surface area contributed by atoms with Crippen molar-refractivity contribution in [3.8, 4) is 0 Å². The molecule has 1 aromatic heterocycles. The lowest BCUT2D eigenvalue weighted by Crippen LogP contribution is -2.33. The van der Waals surface area contributed by atoms with Crippen LogP contribution in [0.1, 0.15) is 23.7 Å². The molecule has 6 heteroatoms. The summed E-state index contributed by atoms with van der Waals surface area (Å²) in [7, 11) is 0. The van der Waals surface area contributed by atoms with Gasteiger partial charge in [-0.2, -0.15) is 0 Å². The SMILES string of the molecule is CCN(CCC(=O)O)C(=O)c1cc(Cl)cc2cccnc12. The maximum absolute atomic E-state index is 12.6. The highest BCUT2D eigenvalue weighted by Gasteiger charge is 2.19. The number of fused-ring (bicyclic) bond motifs is 1. The predicted molar refractivity (Wildman–Crippen MR) is 80.6 cm³/mol. The van der Waals surface area contributed by atoms with Gasteiger partial charge >= 0.3 is 5.97 Å². The molecule has 2 aromatic rings. The molecule has 5 nitrogen and oxygen atoms in total. The molecule has 1 amide bonds. The zero-order valence-corrected chi connectivity index (χ0v) is 12.3. The lowest BCUT2D eigenvalue weighted by atomic mass is 10.1. The van der Waals surface area contributed by atoms with E-state index in [0.717, 1.165) is 5.39 Å². The Labute approximate surface area is 127 Å². The highest BCUT2D eigenvalue weighted by Crippen LogP contribution is 2.23. The Morgan fingerprint density at radius 2 is 2.14 bits per heavy atom. The van der Waals surface area contributed by atoms with Gasteiger partial charge in [0.2, 0.25) is 0 Å². The van der Waals surface area contributed by atoms with Crippen molar-refractivity contribution in [2.45, 2.75) is 13.3 Å². The third kappa shape index (κ3) is 3.49. The van der Waals surface area contributed by atoms with Crippen LogP contribution in [-0.4, -0.2) is 40.0 Å². The standard InChI is InChI=1S/C15H15ClN2O3/c1-2-18(7-5-13(19)20)15(21)12-9-11(16)8-10-4-3-6-17-14(10)12/h3-4,6,8-9H,2,5,7H2,1H3,(H,19,20). The van der Waals surface area contributed by atoms with Gasteiger partial charge in [-0.1, -0.05) is 17.7 Å². The van der Waals surface area contributed by atoms with Gasteiger partial charge in [0.25, 0.3) is 5.91 Å². The van der Waals surface area contributed by atoms with Crippen molar-refractivity contribution < 1.29 is 14.7 Å². The second kappa shape index (κ2) is 6.54. The number of hydrogen-bond acceptors (Lipinski definition) is 3. The zero-order valence-electron chi connectivity index (χ0n) is 11.5. The Hall–Kier alpha value is -2.14. The van der Waals surface area contributed by atoms with E-state index in [-0.39, 0.29) is 18.9 Å². The van der Waals surface area contributed by atoms with Crippen LogP contribution in [0.25, 0.3) is 10.9 Å². The minimum Gasteiger partial charge on any atom is -0.481 e. The second-order valence-corrected chi connectivity index (χ2v) is 4.99. The average molecular weight is 307 g/mol. The van der Waals surface area contributed by atoms with Crippen LogP contribution in [-0.2, 0) is 4.79 Å². The second-order valence-electron chi connectivity index (χ2n) is 4.56. The van der Waals surface area contributed by atoms with E-state index in [2.05, 4.69) is 4.98 Å². The van der Waals surface area contributed by atoms with Gasteiger partial charge in [-0.25, -0.2) is 0 Å². The van der Waals surface area contributed by atoms with Crippen molar-refractivity contribution in [3.05, 3.63) is 41.0 Å². The van der Waals surface area contributed by atoms with E-state index in [1.807, 2.05) is 6.07 Å². The van der Waals surface area contributed by atoms with Crippen LogP contribution in [0.4, 0.5) is 0 Å². The Bertz CT molecular complexity index is 688. The summed E-state index contributed by atoms with van der Waals surface area (Å²) in [4.78, 5) is 29.0. The Kier molecular flexibility index (Phi) is 4.75. The maximum Gasteiger partial charge on any atom is 0.305 e. The average Bonchev–Trinajstić information content (AvgIpc) is 2.46. The molecule has 0 unspecified atom stereocenters. The van der Waals surface area contributed by atoms with Crippen molar-refractivity contribution in [2.75, 3.05) is 13.1 Å². The molecule has 2 rings (SSSR count). The van der Waals surface area contributed by atoms with Gasteiger partial charge in [-0.3, -0.25) is 14.6 Å². The third-order valence-corrected chi connectivity index (χ3v) is 3.38. The van der Waals surface area contributed by atoms with Gasteiger partial charge in [0, 0.05) is 29.7 Å². The van der Waals surface area contributed by atoms with Crippen molar-refractivity contribution in [1.82, 2.24) is 9.88 Å². The molecule has 0 aliphatic heterocycles. The van der Waals surface area contributed by atoms with Gasteiger partial charge in [0.1, 0.15) is 0 Å². The summed E-state index contributed by atoms with van der Waals surface area (Å²) in [6.45, 7) is 2.39. The Morgan fingerprint density at radius 1 is 1.38 bits per heavy atom. The normalized spacial score (nSPS) is 10.6. The first-order valence-electron chi connectivity index (χ1n) is 6.58. The fraction of sp³-hybridized carbons (Fsp3) is 0.267. The van der Waals surface area contributed by atoms with Crippen LogP contribution in [0.3, 0.4) is 0 Å². The molecular formula is C15H15ClN2O3. The molecule has 0 atom stereocenters. The molecular weight excluding hydrogens is 292 g/mol. The number of nitrogens with zero attached hydrogens (tertiary/aromatic N) is 2. The Balaban J connectivity index is 2.39. The highest BCUT2D eigenvalue weighted by molar-refractivity contribution is 6.32. The van der Waals surface area contributed by atoms with Crippen LogP contribution in [0.15, 0.2) is 30.5 Å². The zero-order chi connectivity index (χ0) is 15.4. The topological polar surface area (TPSA) is 70.5 Å². The number of pyridine rings is 1. The van der Waals surface area contributed by atoms with E-state index in [1.54, 1.807) is 31.3 Å². The molecule has 0 fully saturated rings. The van der Waals surface area contributed by atoms with E-state index in [9.17, 15) is 9.59 Å². The molecule has 1 aromatic carbocycles. The monoisotopic (exact) mass is 306 g/mol. The molecule has 21 heavy (non-hydrogen) atoms. The van der Waals surface area contributed by atoms with E-state index in [1.165, 1.54) is 4.90 Å². The molecule has 0 saturated heterocycles. The van der Waals surface area contributed by atoms with Crippen molar-refractivity contribution in [1.29, 1.82) is 0 Å². The van der Waals surface area contributed by atoms with Gasteiger partial charge in [0.15, 0.2) is 0 Å². The first-order valence-corrected chi connectivity index (χ1v) is 6.96. The largest absolute Gasteiger partial charge is 0.481 e. The van der Waals surface area contributed by atoms with E-state index in [0.29, 0.717) is 22.6 Å². The minimum atomic E-state index is -0.935. The van der Waals surface area contributed by atoms with Gasteiger partial charge in [-0.05, 0) is 25.1 Å². The summed E-state index contributed by atoms with van der Waals surface area (Å²) in [5, 5.41) is 9.99. The number of amides is 1. The van der Waals surface area contributed by atoms with Crippen LogP contribution in [0, 0.1) is 0 Å². The van der Waals surface area contributed by atoms with Crippen molar-refractivity contribution in [2.24, 2.45) is 0 Å². The lowest BCUT2D eigenvalue weighted by molar-refractivity contribution is -0.137. The summed E-state index contributed by atoms with van der Waals surface area (Å²) >= 11 is 6.05. The molecule has 0 spiro atoms. The van der Waals surface area contributed by atoms with Gasteiger partial charge < -0.3 is 10.0 Å². The first kappa shape index (κ1) is 15.3. The van der Waals surface area contributed by atoms with Gasteiger partial charge in [0.05, 0.1) is 17.5 Å². The van der Waals surface area contributed by atoms with Crippen molar-refractivity contribution >= 4 is 34.4 Å². The molecule has 0 bridgehead atoms. The minimum absolute atomic E-state index is 0.0918. The Morgan fingerprint density at radius 3 is 2.81 bits per heavy atom. The molecule has 110 valence electrons. The number of aliphatic carboxylic acids is 1. The molecule has 1 N–H and O–H groups in total. The summed E-state index contributed by atoms with van der Waals surface area (Å²) in [6, 6.07) is 6.92. The fourth-order valence-electron chi connectivity index (χ4n) is 2.12. The quantitative estimate of drug-likeness (QED) is 0.922. The first-order chi connectivity index (χ1) is 10.0. The molecule has 0 saturated carbocycles. The summed E-state index contributed by atoms with van der Waals surface area (Å²) < 4.78 is 0. The number of carboxylic acids is 1. The smallest absolute Gasteiger partial charge is 0.305 e. The number of rotatable bonds is 5. The number of benzene rings is 1. The number of aromatic nitrogens is 1. The number of carbonyl (C=O) groups is 2. The summed E-state index contributed by atoms with van der Waals surface area (Å²) in [5.74, 6) is -1.19. The van der Waals surface area contributed by atoms with Crippen LogP contribution >= 0.6 is 11.6 Å². The summed E-state index contributed by atoms with van der Waals surface area (Å²) in [6.07, 6.45) is 1.52. The number of halogens is 1. The molecule has 0 aliphatic carbocycles. The van der Waals surface area contributed by atoms with E-state index >= 15 is 0 Å². The fourth-order valence-corrected chi connectivity index (χ4v) is 2.35. The summed E-state index contributed by atoms with van der Waals surface area (Å²) in [5.41, 5.74) is 0.964. The van der Waals surface area contributed by atoms with Crippen LogP contribution in [0.5, 0.6) is 0 Å². The number of carboxylic acid groups (broad SMARTS) is 1. The third-order valence-electron chi connectivity index (χ3n) is 3.16. The predicted octanol–water partition coefficient (Wildman–Crippen LogP) is 2.83. The number of hydrogen-bond donors (Lipinski definition) is 1. The molecule has 1 heterocycles. The van der Waals surface area contributed by atoms with Crippen LogP contribution < -0.4 is 0 Å². The maximum atomic E-state index is 12.6. The van der Waals surface area contributed by atoms with Gasteiger partial charge in [-0.15, -0.1) is 0 Å². The molecule has 0 radical (unpaired) electrons. The molecule has 0 aliphatic rings.